The molecule has 1 N–H and O–H groups in total. The van der Waals surface area contributed by atoms with Gasteiger partial charge in [0.2, 0.25) is 0 Å². The van der Waals surface area contributed by atoms with E-state index in [0.29, 0.717) is 6.04 Å². The number of hydrogen-bond donors (Lipinski definition) is 1. The highest BCUT2D eigenvalue weighted by molar-refractivity contribution is 9.10. The molecule has 2 rings (SSSR count). The van der Waals surface area contributed by atoms with Gasteiger partial charge < -0.3 is 10.2 Å². The molecule has 1 saturated heterocycles. The van der Waals surface area contributed by atoms with Crippen molar-refractivity contribution in [1.29, 1.82) is 0 Å². The summed E-state index contributed by atoms with van der Waals surface area (Å²) in [6.07, 6.45) is 2.37. The Morgan fingerprint density at radius 2 is 2.06 bits per heavy atom. The van der Waals surface area contributed by atoms with Crippen LogP contribution in [0.4, 0.5) is 5.69 Å². The minimum atomic E-state index is 0.658. The third-order valence-corrected chi connectivity index (χ3v) is 3.95. The van der Waals surface area contributed by atoms with Crippen LogP contribution >= 0.6 is 27.5 Å². The van der Waals surface area contributed by atoms with E-state index in [-0.39, 0.29) is 0 Å². The van der Waals surface area contributed by atoms with Crippen LogP contribution in [0.3, 0.4) is 0 Å². The summed E-state index contributed by atoms with van der Waals surface area (Å²) in [7, 11) is 2.03. The summed E-state index contributed by atoms with van der Waals surface area (Å²) in [5, 5.41) is 4.16. The largest absolute Gasteiger partial charge is 0.370 e. The summed E-state index contributed by atoms with van der Waals surface area (Å²) in [6, 6.07) is 6.75. The zero-order valence-corrected chi connectivity index (χ0v) is 11.7. The van der Waals surface area contributed by atoms with Gasteiger partial charge in [-0.2, -0.15) is 0 Å². The number of piperidine rings is 1. The molecular weight excluding hydrogens is 288 g/mol. The van der Waals surface area contributed by atoms with E-state index in [0.717, 1.165) is 28.3 Å². The lowest BCUT2D eigenvalue weighted by Crippen LogP contribution is -2.41. The standard InChI is InChI=1S/C12H16BrClN2/c1-15-10-4-6-16(7-5-10)12-3-2-9(13)8-11(12)14/h2-3,8,10,15H,4-7H2,1H3. The fourth-order valence-electron chi connectivity index (χ4n) is 2.15. The van der Waals surface area contributed by atoms with Crippen molar-refractivity contribution in [2.45, 2.75) is 18.9 Å². The van der Waals surface area contributed by atoms with Crippen LogP contribution in [-0.4, -0.2) is 26.2 Å². The first-order valence-electron chi connectivity index (χ1n) is 5.58. The Kier molecular flexibility index (Phi) is 4.11. The average molecular weight is 304 g/mol. The van der Waals surface area contributed by atoms with Crippen LogP contribution in [0.2, 0.25) is 5.02 Å². The maximum absolute atomic E-state index is 6.25. The number of nitrogens with one attached hydrogen (secondary N) is 1. The Bertz CT molecular complexity index is 362. The molecule has 0 spiro atoms. The summed E-state index contributed by atoms with van der Waals surface area (Å²) in [5.41, 5.74) is 1.15. The first-order valence-corrected chi connectivity index (χ1v) is 6.75. The lowest BCUT2D eigenvalue weighted by Gasteiger charge is -2.34. The number of rotatable bonds is 2. The zero-order chi connectivity index (χ0) is 11.5. The van der Waals surface area contributed by atoms with Crippen LogP contribution in [0.25, 0.3) is 0 Å². The minimum Gasteiger partial charge on any atom is -0.370 e. The molecule has 0 bridgehead atoms. The van der Waals surface area contributed by atoms with Crippen LogP contribution in [0.1, 0.15) is 12.8 Å². The molecule has 2 nitrogen and oxygen atoms in total. The van der Waals surface area contributed by atoms with E-state index in [2.05, 4.69) is 32.2 Å². The van der Waals surface area contributed by atoms with E-state index in [4.69, 9.17) is 11.6 Å². The normalized spacial score (nSPS) is 17.8. The molecule has 0 saturated carbocycles. The quantitative estimate of drug-likeness (QED) is 0.902. The topological polar surface area (TPSA) is 15.3 Å². The van der Waals surface area contributed by atoms with Crippen molar-refractivity contribution in [2.24, 2.45) is 0 Å². The van der Waals surface area contributed by atoms with E-state index < -0.39 is 0 Å². The van der Waals surface area contributed by atoms with Gasteiger partial charge in [0.1, 0.15) is 0 Å². The highest BCUT2D eigenvalue weighted by Gasteiger charge is 2.19. The molecule has 0 atom stereocenters. The number of nitrogens with zero attached hydrogens (tertiary/aromatic N) is 1. The van der Waals surface area contributed by atoms with Gasteiger partial charge in [-0.3, -0.25) is 0 Å². The lowest BCUT2D eigenvalue weighted by molar-refractivity contribution is 0.442. The Morgan fingerprint density at radius 1 is 1.38 bits per heavy atom. The molecule has 1 aliphatic heterocycles. The van der Waals surface area contributed by atoms with E-state index in [1.54, 1.807) is 0 Å². The maximum atomic E-state index is 6.25. The van der Waals surface area contributed by atoms with Gasteiger partial charge in [-0.25, -0.2) is 0 Å². The van der Waals surface area contributed by atoms with Crippen molar-refractivity contribution in [2.75, 3.05) is 25.0 Å². The van der Waals surface area contributed by atoms with Crippen molar-refractivity contribution < 1.29 is 0 Å². The Hall–Kier alpha value is -0.250. The van der Waals surface area contributed by atoms with Crippen molar-refractivity contribution in [3.05, 3.63) is 27.7 Å². The molecular formula is C12H16BrClN2. The summed E-state index contributed by atoms with van der Waals surface area (Å²) >= 11 is 9.67. The Balaban J connectivity index is 2.08. The molecule has 1 heterocycles. The number of benzene rings is 1. The van der Waals surface area contributed by atoms with Gasteiger partial charge in [0.15, 0.2) is 0 Å². The molecule has 1 fully saturated rings. The summed E-state index contributed by atoms with van der Waals surface area (Å²) < 4.78 is 1.03. The van der Waals surface area contributed by atoms with Crippen LogP contribution in [0, 0.1) is 0 Å². The highest BCUT2D eigenvalue weighted by Crippen LogP contribution is 2.30. The number of halogens is 2. The molecule has 1 aliphatic rings. The van der Waals surface area contributed by atoms with Crippen molar-refractivity contribution >= 4 is 33.2 Å². The molecule has 0 amide bonds. The number of hydrogen-bond acceptors (Lipinski definition) is 2. The smallest absolute Gasteiger partial charge is 0.0650 e. The second kappa shape index (κ2) is 5.39. The molecule has 4 heteroatoms. The van der Waals surface area contributed by atoms with Gasteiger partial charge in [-0.15, -0.1) is 0 Å². The number of anilines is 1. The SMILES string of the molecule is CNC1CCN(c2ccc(Br)cc2Cl)CC1. The van der Waals surface area contributed by atoms with Crippen molar-refractivity contribution in [3.63, 3.8) is 0 Å². The van der Waals surface area contributed by atoms with Gasteiger partial charge in [0.25, 0.3) is 0 Å². The van der Waals surface area contributed by atoms with Crippen LogP contribution in [0.5, 0.6) is 0 Å². The first-order chi connectivity index (χ1) is 7.70. The Morgan fingerprint density at radius 3 is 2.62 bits per heavy atom. The van der Waals surface area contributed by atoms with Crippen molar-refractivity contribution in [3.8, 4) is 0 Å². The van der Waals surface area contributed by atoms with E-state index >= 15 is 0 Å². The first kappa shape index (κ1) is 12.2. The van der Waals surface area contributed by atoms with E-state index in [1.165, 1.54) is 12.8 Å². The van der Waals surface area contributed by atoms with E-state index in [1.807, 2.05) is 19.2 Å². The van der Waals surface area contributed by atoms with E-state index in [9.17, 15) is 0 Å². The molecule has 88 valence electrons. The molecule has 0 unspecified atom stereocenters. The van der Waals surface area contributed by atoms with Gasteiger partial charge in [0.05, 0.1) is 10.7 Å². The monoisotopic (exact) mass is 302 g/mol. The Labute approximate surface area is 110 Å². The lowest BCUT2D eigenvalue weighted by atomic mass is 10.0. The highest BCUT2D eigenvalue weighted by atomic mass is 79.9. The second-order valence-corrected chi connectivity index (χ2v) is 5.47. The molecule has 0 radical (unpaired) electrons. The van der Waals surface area contributed by atoms with Gasteiger partial charge in [-0.05, 0) is 38.1 Å². The summed E-state index contributed by atoms with van der Waals surface area (Å²) in [6.45, 7) is 2.15. The third-order valence-electron chi connectivity index (χ3n) is 3.15. The van der Waals surface area contributed by atoms with Crippen molar-refractivity contribution in [1.82, 2.24) is 5.32 Å². The van der Waals surface area contributed by atoms with Gasteiger partial charge >= 0.3 is 0 Å². The molecule has 0 aliphatic carbocycles. The van der Waals surface area contributed by atoms with Crippen LogP contribution < -0.4 is 10.2 Å². The summed E-state index contributed by atoms with van der Waals surface area (Å²) in [5.74, 6) is 0. The van der Waals surface area contributed by atoms with Gasteiger partial charge in [0, 0.05) is 23.6 Å². The fourth-order valence-corrected chi connectivity index (χ4v) is 2.94. The third kappa shape index (κ3) is 2.70. The fraction of sp³-hybridized carbons (Fsp3) is 0.500. The summed E-state index contributed by atoms with van der Waals surface area (Å²) in [4.78, 5) is 2.36. The zero-order valence-electron chi connectivity index (χ0n) is 9.34. The average Bonchev–Trinajstić information content (AvgIpc) is 2.29. The molecule has 0 aromatic heterocycles. The molecule has 1 aromatic carbocycles. The maximum Gasteiger partial charge on any atom is 0.0650 e. The molecule has 16 heavy (non-hydrogen) atoms. The predicted octanol–water partition coefficient (Wildman–Crippen LogP) is 3.29. The molecule has 1 aromatic rings. The predicted molar refractivity (Wildman–Crippen MR) is 73.4 cm³/mol. The van der Waals surface area contributed by atoms with Gasteiger partial charge in [-0.1, -0.05) is 27.5 Å². The second-order valence-electron chi connectivity index (χ2n) is 4.15. The van der Waals surface area contributed by atoms with Crippen LogP contribution in [-0.2, 0) is 0 Å². The van der Waals surface area contributed by atoms with Crippen LogP contribution in [0.15, 0.2) is 22.7 Å². The minimum absolute atomic E-state index is 0.658.